The Balaban J connectivity index is 3.12. The molecule has 3 N–H and O–H groups in total. The highest BCUT2D eigenvalue weighted by molar-refractivity contribution is 5.92. The van der Waals surface area contributed by atoms with Gasteiger partial charge in [0.2, 0.25) is 0 Å². The Hall–Kier alpha value is -1.92. The minimum atomic E-state index is -4.93. The third-order valence-electron chi connectivity index (χ3n) is 1.46. The Kier molecular flexibility index (Phi) is 2.74. The Bertz CT molecular complexity index is 389. The average molecular weight is 221 g/mol. The van der Waals surface area contributed by atoms with Crippen molar-refractivity contribution in [3.8, 4) is 5.75 Å². The van der Waals surface area contributed by atoms with Gasteiger partial charge < -0.3 is 15.6 Å². The summed E-state index contributed by atoms with van der Waals surface area (Å²) >= 11 is 0. The summed E-state index contributed by atoms with van der Waals surface area (Å²) in [6.45, 7) is 0. The molecule has 0 aliphatic carbocycles. The van der Waals surface area contributed by atoms with Crippen LogP contribution in [-0.2, 0) is 0 Å². The Morgan fingerprint density at radius 3 is 2.47 bits per heavy atom. The van der Waals surface area contributed by atoms with Crippen molar-refractivity contribution < 1.29 is 27.8 Å². The molecule has 0 aromatic heterocycles. The van der Waals surface area contributed by atoms with E-state index < -0.39 is 23.6 Å². The van der Waals surface area contributed by atoms with Crippen LogP contribution in [0.5, 0.6) is 5.75 Å². The molecule has 0 radical (unpaired) electrons. The van der Waals surface area contributed by atoms with Crippen LogP contribution in [-0.4, -0.2) is 17.4 Å². The van der Waals surface area contributed by atoms with Crippen molar-refractivity contribution in [2.24, 2.45) is 0 Å². The zero-order valence-corrected chi connectivity index (χ0v) is 7.21. The smallest absolute Gasteiger partial charge is 0.478 e. The molecule has 1 aromatic carbocycles. The monoisotopic (exact) mass is 221 g/mol. The largest absolute Gasteiger partial charge is 0.573 e. The molecule has 0 amide bonds. The van der Waals surface area contributed by atoms with Crippen LogP contribution < -0.4 is 10.5 Å². The number of carboxylic acid groups (broad SMARTS) is 1. The summed E-state index contributed by atoms with van der Waals surface area (Å²) in [5.41, 5.74) is 4.64. The van der Waals surface area contributed by atoms with E-state index >= 15 is 0 Å². The zero-order valence-electron chi connectivity index (χ0n) is 7.21. The minimum absolute atomic E-state index is 0.0434. The molecule has 0 saturated heterocycles. The van der Waals surface area contributed by atoms with Gasteiger partial charge in [-0.3, -0.25) is 0 Å². The number of carbonyl (C=O) groups is 1. The Morgan fingerprint density at radius 1 is 1.40 bits per heavy atom. The van der Waals surface area contributed by atoms with Crippen molar-refractivity contribution in [3.63, 3.8) is 0 Å². The van der Waals surface area contributed by atoms with Crippen molar-refractivity contribution in [1.29, 1.82) is 0 Å². The van der Waals surface area contributed by atoms with Crippen LogP contribution in [0.4, 0.5) is 18.9 Å². The second-order valence-corrected chi connectivity index (χ2v) is 2.61. The number of ether oxygens (including phenoxy) is 1. The Morgan fingerprint density at radius 2 is 2.00 bits per heavy atom. The third kappa shape index (κ3) is 3.04. The lowest BCUT2D eigenvalue weighted by molar-refractivity contribution is -0.274. The van der Waals surface area contributed by atoms with Crippen LogP contribution in [0.3, 0.4) is 0 Å². The van der Waals surface area contributed by atoms with Gasteiger partial charge >= 0.3 is 12.3 Å². The highest BCUT2D eigenvalue weighted by Gasteiger charge is 2.32. The van der Waals surface area contributed by atoms with Gasteiger partial charge in [0.1, 0.15) is 11.3 Å². The second-order valence-electron chi connectivity index (χ2n) is 2.61. The van der Waals surface area contributed by atoms with Crippen LogP contribution >= 0.6 is 0 Å². The minimum Gasteiger partial charge on any atom is -0.478 e. The van der Waals surface area contributed by atoms with E-state index in [-0.39, 0.29) is 5.69 Å². The van der Waals surface area contributed by atoms with E-state index in [1.165, 1.54) is 0 Å². The van der Waals surface area contributed by atoms with Gasteiger partial charge in [0.15, 0.2) is 0 Å². The van der Waals surface area contributed by atoms with E-state index in [0.717, 1.165) is 18.2 Å². The summed E-state index contributed by atoms with van der Waals surface area (Å²) in [5, 5.41) is 8.58. The van der Waals surface area contributed by atoms with E-state index in [0.29, 0.717) is 0 Å². The quantitative estimate of drug-likeness (QED) is 0.747. The first-order valence-electron chi connectivity index (χ1n) is 3.68. The van der Waals surface area contributed by atoms with Crippen LogP contribution in [0.1, 0.15) is 10.4 Å². The number of carboxylic acids is 1. The topological polar surface area (TPSA) is 72.5 Å². The first-order chi connectivity index (χ1) is 6.79. The number of halogens is 3. The van der Waals surface area contributed by atoms with E-state index in [2.05, 4.69) is 4.74 Å². The van der Waals surface area contributed by atoms with Gasteiger partial charge in [-0.2, -0.15) is 0 Å². The fraction of sp³-hybridized carbons (Fsp3) is 0.125. The molecule has 0 aliphatic heterocycles. The summed E-state index contributed by atoms with van der Waals surface area (Å²) in [7, 11) is 0. The normalized spacial score (nSPS) is 11.1. The van der Waals surface area contributed by atoms with Gasteiger partial charge in [-0.15, -0.1) is 13.2 Å². The van der Waals surface area contributed by atoms with Crippen LogP contribution in [0.15, 0.2) is 18.2 Å². The molecule has 82 valence electrons. The molecule has 15 heavy (non-hydrogen) atoms. The molecule has 1 aromatic rings. The molecule has 0 aliphatic rings. The average Bonchev–Trinajstić information content (AvgIpc) is 2.05. The zero-order chi connectivity index (χ0) is 11.6. The lowest BCUT2D eigenvalue weighted by atomic mass is 10.2. The maximum absolute atomic E-state index is 11.8. The molecule has 4 nitrogen and oxygen atoms in total. The Labute approximate surface area is 82.1 Å². The van der Waals surface area contributed by atoms with E-state index in [1.54, 1.807) is 0 Å². The highest BCUT2D eigenvalue weighted by Crippen LogP contribution is 2.27. The standard InChI is InChI=1S/C8H6F3NO3/c9-8(10,11)15-6-2-1-4(12)3-5(6)7(13)14/h1-3H,12H2,(H,13,14). The fourth-order valence-electron chi connectivity index (χ4n) is 0.928. The highest BCUT2D eigenvalue weighted by atomic mass is 19.4. The van der Waals surface area contributed by atoms with Gasteiger partial charge in [0, 0.05) is 5.69 Å². The van der Waals surface area contributed by atoms with Crippen molar-refractivity contribution in [2.75, 3.05) is 5.73 Å². The number of nitrogen functional groups attached to an aromatic ring is 1. The number of aromatic carboxylic acids is 1. The molecular formula is C8H6F3NO3. The van der Waals surface area contributed by atoms with Crippen molar-refractivity contribution in [1.82, 2.24) is 0 Å². The molecule has 1 rings (SSSR count). The molecule has 0 spiro atoms. The first-order valence-corrected chi connectivity index (χ1v) is 3.68. The van der Waals surface area contributed by atoms with Crippen molar-refractivity contribution in [3.05, 3.63) is 23.8 Å². The van der Waals surface area contributed by atoms with Gasteiger partial charge in [-0.1, -0.05) is 0 Å². The first kappa shape index (κ1) is 11.2. The summed E-state index contributed by atoms with van der Waals surface area (Å²) in [6, 6.07) is 2.86. The molecule has 7 heteroatoms. The summed E-state index contributed by atoms with van der Waals surface area (Å²) in [6.07, 6.45) is -4.93. The van der Waals surface area contributed by atoms with E-state index in [4.69, 9.17) is 10.8 Å². The maximum atomic E-state index is 11.8. The third-order valence-corrected chi connectivity index (χ3v) is 1.46. The number of anilines is 1. The van der Waals surface area contributed by atoms with Crippen LogP contribution in [0, 0.1) is 0 Å². The molecule has 0 saturated carbocycles. The number of hydrogen-bond acceptors (Lipinski definition) is 3. The second kappa shape index (κ2) is 3.68. The van der Waals surface area contributed by atoms with Gasteiger partial charge in [-0.05, 0) is 18.2 Å². The van der Waals surface area contributed by atoms with Gasteiger partial charge in [0.05, 0.1) is 0 Å². The lowest BCUT2D eigenvalue weighted by Crippen LogP contribution is -2.19. The summed E-state index contributed by atoms with van der Waals surface area (Å²) < 4.78 is 39.0. The van der Waals surface area contributed by atoms with E-state index in [1.807, 2.05) is 0 Å². The lowest BCUT2D eigenvalue weighted by Gasteiger charge is -2.11. The number of rotatable bonds is 2. The summed E-state index contributed by atoms with van der Waals surface area (Å²) in [5.74, 6) is -2.33. The number of benzene rings is 1. The molecule has 0 bridgehead atoms. The molecule has 0 unspecified atom stereocenters. The molecular weight excluding hydrogens is 215 g/mol. The summed E-state index contributed by atoms with van der Waals surface area (Å²) in [4.78, 5) is 10.6. The van der Waals surface area contributed by atoms with Crippen LogP contribution in [0.2, 0.25) is 0 Å². The van der Waals surface area contributed by atoms with E-state index in [9.17, 15) is 18.0 Å². The number of hydrogen-bond donors (Lipinski definition) is 2. The van der Waals surface area contributed by atoms with Crippen LogP contribution in [0.25, 0.3) is 0 Å². The van der Waals surface area contributed by atoms with Crippen molar-refractivity contribution >= 4 is 11.7 Å². The number of alkyl halides is 3. The SMILES string of the molecule is Nc1ccc(OC(F)(F)F)c(C(=O)O)c1. The molecule has 0 fully saturated rings. The molecule has 0 atom stereocenters. The maximum Gasteiger partial charge on any atom is 0.573 e. The predicted molar refractivity (Wildman–Crippen MR) is 44.5 cm³/mol. The molecule has 0 heterocycles. The predicted octanol–water partition coefficient (Wildman–Crippen LogP) is 1.87. The van der Waals surface area contributed by atoms with Gasteiger partial charge in [0.25, 0.3) is 0 Å². The van der Waals surface area contributed by atoms with Crippen molar-refractivity contribution in [2.45, 2.75) is 6.36 Å². The fourth-order valence-corrected chi connectivity index (χ4v) is 0.928. The van der Waals surface area contributed by atoms with Gasteiger partial charge in [-0.25, -0.2) is 4.79 Å². The number of nitrogens with two attached hydrogens (primary N) is 1.